The van der Waals surface area contributed by atoms with Crippen LogP contribution in [0.5, 0.6) is 0 Å². The summed E-state index contributed by atoms with van der Waals surface area (Å²) in [5.74, 6) is 0.351. The molecule has 4 rings (SSSR count). The van der Waals surface area contributed by atoms with Gasteiger partial charge in [0.15, 0.2) is 0 Å². The van der Waals surface area contributed by atoms with Crippen molar-refractivity contribution in [2.24, 2.45) is 5.14 Å². The zero-order valence-corrected chi connectivity index (χ0v) is 15.4. The minimum atomic E-state index is -3.84. The van der Waals surface area contributed by atoms with Crippen molar-refractivity contribution in [3.63, 3.8) is 0 Å². The fraction of sp³-hybridized carbons (Fsp3) is 0. The lowest BCUT2D eigenvalue weighted by Gasteiger charge is -2.07. The van der Waals surface area contributed by atoms with Crippen LogP contribution in [0, 0.1) is 5.82 Å². The molecule has 3 aromatic carbocycles. The van der Waals surface area contributed by atoms with E-state index in [9.17, 15) is 12.8 Å². The Morgan fingerprint density at radius 3 is 2.46 bits per heavy atom. The van der Waals surface area contributed by atoms with Crippen molar-refractivity contribution in [3.05, 3.63) is 83.9 Å². The molecule has 28 heavy (non-hydrogen) atoms. The predicted octanol–water partition coefficient (Wildman–Crippen LogP) is 4.19. The molecular weight excluding hydrogens is 377 g/mol. The average Bonchev–Trinajstić information content (AvgIpc) is 3.09. The van der Waals surface area contributed by atoms with E-state index in [0.29, 0.717) is 22.5 Å². The molecule has 0 fully saturated rings. The van der Waals surface area contributed by atoms with Crippen molar-refractivity contribution < 1.29 is 12.8 Å². The molecule has 3 N–H and O–H groups in total. The maximum absolute atomic E-state index is 13.0. The molecule has 0 saturated heterocycles. The van der Waals surface area contributed by atoms with Gasteiger partial charge in [-0.1, -0.05) is 42.5 Å². The maximum atomic E-state index is 13.0. The van der Waals surface area contributed by atoms with Gasteiger partial charge in [-0.15, -0.1) is 0 Å². The van der Waals surface area contributed by atoms with E-state index in [2.05, 4.69) is 9.97 Å². The third kappa shape index (κ3) is 3.71. The molecule has 7 heteroatoms. The number of halogens is 1. The van der Waals surface area contributed by atoms with E-state index in [1.165, 1.54) is 18.2 Å². The minimum Gasteiger partial charge on any atom is -0.338 e. The molecule has 140 valence electrons. The molecule has 5 nitrogen and oxygen atoms in total. The van der Waals surface area contributed by atoms with E-state index in [4.69, 9.17) is 5.14 Å². The van der Waals surface area contributed by atoms with Gasteiger partial charge >= 0.3 is 0 Å². The van der Waals surface area contributed by atoms with Gasteiger partial charge in [0, 0.05) is 5.56 Å². The van der Waals surface area contributed by atoms with Crippen LogP contribution in [0.25, 0.3) is 34.3 Å². The number of benzene rings is 3. The van der Waals surface area contributed by atoms with Gasteiger partial charge < -0.3 is 4.98 Å². The summed E-state index contributed by atoms with van der Waals surface area (Å²) in [4.78, 5) is 7.78. The standard InChI is InChI=1S/C21H16FN3O2S/c22-16-9-5-14(6-10-16)7-12-21-24-18-11-8-15(13-19(18)25-21)17-3-1-2-4-20(17)28(23,26)27/h1-13H,(H,24,25)(H2,23,26,27). The number of hydrogen-bond acceptors (Lipinski definition) is 3. The van der Waals surface area contributed by atoms with Crippen LogP contribution < -0.4 is 5.14 Å². The van der Waals surface area contributed by atoms with E-state index < -0.39 is 10.0 Å². The van der Waals surface area contributed by atoms with Crippen molar-refractivity contribution in [1.82, 2.24) is 9.97 Å². The highest BCUT2D eigenvalue weighted by atomic mass is 32.2. The van der Waals surface area contributed by atoms with Crippen LogP contribution in [0.1, 0.15) is 11.4 Å². The number of nitrogens with one attached hydrogen (secondary N) is 1. The van der Waals surface area contributed by atoms with Gasteiger partial charge in [0.25, 0.3) is 0 Å². The lowest BCUT2D eigenvalue weighted by molar-refractivity contribution is 0.598. The first kappa shape index (κ1) is 18.1. The van der Waals surface area contributed by atoms with E-state index in [1.807, 2.05) is 24.3 Å². The molecule has 0 spiro atoms. The highest BCUT2D eigenvalue weighted by molar-refractivity contribution is 7.89. The minimum absolute atomic E-state index is 0.0707. The molecule has 0 aliphatic rings. The molecule has 1 aromatic heterocycles. The molecule has 0 bridgehead atoms. The summed E-state index contributed by atoms with van der Waals surface area (Å²) < 4.78 is 36.7. The first-order valence-electron chi connectivity index (χ1n) is 8.46. The predicted molar refractivity (Wildman–Crippen MR) is 108 cm³/mol. The van der Waals surface area contributed by atoms with Crippen molar-refractivity contribution >= 4 is 33.2 Å². The second-order valence-corrected chi connectivity index (χ2v) is 7.81. The van der Waals surface area contributed by atoms with Gasteiger partial charge in [0.2, 0.25) is 10.0 Å². The average molecular weight is 393 g/mol. The van der Waals surface area contributed by atoms with E-state index in [-0.39, 0.29) is 10.7 Å². The van der Waals surface area contributed by atoms with Crippen molar-refractivity contribution in [1.29, 1.82) is 0 Å². The number of nitrogens with two attached hydrogens (primary N) is 1. The SMILES string of the molecule is NS(=O)(=O)c1ccccc1-c1ccc2[nH]c(C=Cc3ccc(F)cc3)nc2c1. The van der Waals surface area contributed by atoms with Crippen LogP contribution in [-0.2, 0) is 10.0 Å². The number of sulfonamides is 1. The Balaban J connectivity index is 1.71. The van der Waals surface area contributed by atoms with Crippen molar-refractivity contribution in [2.45, 2.75) is 4.90 Å². The number of H-pyrrole nitrogens is 1. The topological polar surface area (TPSA) is 88.8 Å². The Kier molecular flexibility index (Phi) is 4.54. The number of rotatable bonds is 4. The maximum Gasteiger partial charge on any atom is 0.238 e. The van der Waals surface area contributed by atoms with Gasteiger partial charge in [0.1, 0.15) is 11.6 Å². The molecule has 1 heterocycles. The third-order valence-corrected chi connectivity index (χ3v) is 5.28. The summed E-state index contributed by atoms with van der Waals surface area (Å²) >= 11 is 0. The lowest BCUT2D eigenvalue weighted by atomic mass is 10.1. The Labute approximate surface area is 161 Å². The second kappa shape index (κ2) is 7.03. The van der Waals surface area contributed by atoms with Crippen LogP contribution in [-0.4, -0.2) is 18.4 Å². The van der Waals surface area contributed by atoms with Crippen molar-refractivity contribution in [3.8, 4) is 11.1 Å². The first-order valence-corrected chi connectivity index (χ1v) is 10.0. The fourth-order valence-electron chi connectivity index (χ4n) is 2.97. The Bertz CT molecular complexity index is 1290. The summed E-state index contributed by atoms with van der Waals surface area (Å²) in [7, 11) is -3.84. The van der Waals surface area contributed by atoms with Gasteiger partial charge in [-0.2, -0.15) is 0 Å². The van der Waals surface area contributed by atoms with Crippen LogP contribution in [0.2, 0.25) is 0 Å². The Hall–Kier alpha value is -3.29. The van der Waals surface area contributed by atoms with Crippen LogP contribution in [0.15, 0.2) is 71.6 Å². The lowest BCUT2D eigenvalue weighted by Crippen LogP contribution is -2.13. The van der Waals surface area contributed by atoms with E-state index >= 15 is 0 Å². The third-order valence-electron chi connectivity index (χ3n) is 4.31. The van der Waals surface area contributed by atoms with Crippen LogP contribution in [0.4, 0.5) is 4.39 Å². The zero-order valence-electron chi connectivity index (χ0n) is 14.6. The normalized spacial score (nSPS) is 12.1. The first-order chi connectivity index (χ1) is 13.4. The quantitative estimate of drug-likeness (QED) is 0.545. The highest BCUT2D eigenvalue weighted by Gasteiger charge is 2.15. The largest absolute Gasteiger partial charge is 0.338 e. The highest BCUT2D eigenvalue weighted by Crippen LogP contribution is 2.28. The number of imidazole rings is 1. The van der Waals surface area contributed by atoms with E-state index in [0.717, 1.165) is 11.1 Å². The zero-order chi connectivity index (χ0) is 19.7. The molecule has 0 radical (unpaired) electrons. The smallest absolute Gasteiger partial charge is 0.238 e. The van der Waals surface area contributed by atoms with Crippen molar-refractivity contribution in [2.75, 3.05) is 0 Å². The summed E-state index contributed by atoms with van der Waals surface area (Å²) in [6.45, 7) is 0. The second-order valence-electron chi connectivity index (χ2n) is 6.28. The van der Waals surface area contributed by atoms with Gasteiger partial charge in [-0.25, -0.2) is 22.9 Å². The molecule has 0 aliphatic carbocycles. The fourth-order valence-corrected chi connectivity index (χ4v) is 3.73. The number of aromatic amines is 1. The monoisotopic (exact) mass is 393 g/mol. The number of aromatic nitrogens is 2. The van der Waals surface area contributed by atoms with Crippen LogP contribution in [0.3, 0.4) is 0 Å². The molecule has 0 saturated carbocycles. The number of hydrogen-bond donors (Lipinski definition) is 2. The molecule has 0 aliphatic heterocycles. The Morgan fingerprint density at radius 1 is 0.964 bits per heavy atom. The summed E-state index contributed by atoms with van der Waals surface area (Å²) in [5, 5.41) is 5.33. The molecule has 0 atom stereocenters. The molecule has 0 unspecified atom stereocenters. The van der Waals surface area contributed by atoms with Gasteiger partial charge in [-0.05, 0) is 47.5 Å². The summed E-state index contributed by atoms with van der Waals surface area (Å²) in [6.07, 6.45) is 3.62. The van der Waals surface area contributed by atoms with E-state index in [1.54, 1.807) is 36.4 Å². The summed E-state index contributed by atoms with van der Waals surface area (Å²) in [5.41, 5.74) is 3.59. The van der Waals surface area contributed by atoms with Crippen LogP contribution >= 0.6 is 0 Å². The molecular formula is C21H16FN3O2S. The number of nitrogens with zero attached hydrogens (tertiary/aromatic N) is 1. The number of fused-ring (bicyclic) bond motifs is 1. The molecule has 0 amide bonds. The van der Waals surface area contributed by atoms with Gasteiger partial charge in [0.05, 0.1) is 15.9 Å². The molecule has 4 aromatic rings. The summed E-state index contributed by atoms with van der Waals surface area (Å²) in [6, 6.07) is 18.2. The Morgan fingerprint density at radius 2 is 1.71 bits per heavy atom. The van der Waals surface area contributed by atoms with Gasteiger partial charge in [-0.3, -0.25) is 0 Å². The number of primary sulfonamides is 1.